The number of ketones is 1. The van der Waals surface area contributed by atoms with Gasteiger partial charge in [-0.2, -0.15) is 5.10 Å². The van der Waals surface area contributed by atoms with Crippen LogP contribution in [-0.4, -0.2) is 22.1 Å². The summed E-state index contributed by atoms with van der Waals surface area (Å²) in [4.78, 5) is 11.8. The third-order valence-corrected chi connectivity index (χ3v) is 2.38. The van der Waals surface area contributed by atoms with Gasteiger partial charge in [-0.1, -0.05) is 18.5 Å². The fourth-order valence-corrected chi connectivity index (χ4v) is 1.65. The van der Waals surface area contributed by atoms with E-state index in [0.717, 1.165) is 13.0 Å². The molecule has 1 rings (SSSR count). The van der Waals surface area contributed by atoms with Crippen molar-refractivity contribution in [1.82, 2.24) is 9.78 Å². The molecule has 2 N–H and O–H groups in total. The fraction of sp³-hybridized carbons (Fsp3) is 0.600. The molecule has 0 atom stereocenters. The second-order valence-electron chi connectivity index (χ2n) is 3.38. The van der Waals surface area contributed by atoms with Crippen molar-refractivity contribution in [1.29, 1.82) is 0 Å². The van der Waals surface area contributed by atoms with Gasteiger partial charge in [0.25, 0.3) is 0 Å². The largest absolute Gasteiger partial charge is 0.330 e. The molecular formula is C10H16ClN3O. The summed E-state index contributed by atoms with van der Waals surface area (Å²) >= 11 is 5.92. The molecule has 1 aromatic rings. The van der Waals surface area contributed by atoms with E-state index >= 15 is 0 Å². The lowest BCUT2D eigenvalue weighted by Gasteiger charge is -2.05. The molecule has 5 heteroatoms. The van der Waals surface area contributed by atoms with Crippen LogP contribution in [0.5, 0.6) is 0 Å². The Kier molecular flexibility index (Phi) is 4.78. The summed E-state index contributed by atoms with van der Waals surface area (Å²) in [5.41, 5.74) is 5.88. The normalized spacial score (nSPS) is 10.6. The molecule has 0 spiro atoms. The van der Waals surface area contributed by atoms with E-state index in [1.165, 1.54) is 6.20 Å². The van der Waals surface area contributed by atoms with Gasteiger partial charge in [-0.25, -0.2) is 0 Å². The second-order valence-corrected chi connectivity index (χ2v) is 3.79. The topological polar surface area (TPSA) is 60.9 Å². The number of aromatic nitrogens is 2. The highest BCUT2D eigenvalue weighted by atomic mass is 35.5. The zero-order valence-electron chi connectivity index (χ0n) is 8.87. The number of carbonyl (C=O) groups excluding carboxylic acids is 1. The maximum absolute atomic E-state index is 11.8. The van der Waals surface area contributed by atoms with E-state index in [1.54, 1.807) is 4.68 Å². The number of halogens is 1. The Labute approximate surface area is 94.4 Å². The van der Waals surface area contributed by atoms with Crippen molar-refractivity contribution in [2.24, 2.45) is 5.73 Å². The van der Waals surface area contributed by atoms with Gasteiger partial charge in [-0.05, 0) is 19.4 Å². The quantitative estimate of drug-likeness (QED) is 0.758. The third-order valence-electron chi connectivity index (χ3n) is 2.10. The lowest BCUT2D eigenvalue weighted by atomic mass is 10.1. The predicted molar refractivity (Wildman–Crippen MR) is 60.1 cm³/mol. The first-order valence-electron chi connectivity index (χ1n) is 5.15. The zero-order valence-corrected chi connectivity index (χ0v) is 9.63. The van der Waals surface area contributed by atoms with Crippen molar-refractivity contribution in [2.45, 2.75) is 32.7 Å². The minimum absolute atomic E-state index is 0.0244. The standard InChI is InChI=1S/C10H16ClN3O/c1-2-6-14-10(8(11)7-13-14)9(15)4-3-5-12/h7H,2-6,12H2,1H3. The fourth-order valence-electron chi connectivity index (χ4n) is 1.40. The Bertz CT molecular complexity index is 335. The third kappa shape index (κ3) is 3.04. The number of hydrogen-bond donors (Lipinski definition) is 1. The van der Waals surface area contributed by atoms with Gasteiger partial charge in [-0.3, -0.25) is 9.48 Å². The molecular weight excluding hydrogens is 214 g/mol. The molecule has 0 aliphatic rings. The molecule has 0 amide bonds. The molecule has 0 bridgehead atoms. The van der Waals surface area contributed by atoms with Gasteiger partial charge < -0.3 is 5.73 Å². The van der Waals surface area contributed by atoms with Crippen molar-refractivity contribution in [3.05, 3.63) is 16.9 Å². The Hall–Kier alpha value is -0.870. The van der Waals surface area contributed by atoms with E-state index < -0.39 is 0 Å². The van der Waals surface area contributed by atoms with Crippen LogP contribution in [0.25, 0.3) is 0 Å². The monoisotopic (exact) mass is 229 g/mol. The lowest BCUT2D eigenvalue weighted by molar-refractivity contribution is 0.0970. The Morgan fingerprint density at radius 3 is 3.00 bits per heavy atom. The number of aryl methyl sites for hydroxylation is 1. The highest BCUT2D eigenvalue weighted by Gasteiger charge is 2.16. The van der Waals surface area contributed by atoms with Crippen LogP contribution >= 0.6 is 11.6 Å². The van der Waals surface area contributed by atoms with Crippen molar-refractivity contribution >= 4 is 17.4 Å². The number of rotatable bonds is 6. The number of carbonyl (C=O) groups is 1. The number of hydrogen-bond acceptors (Lipinski definition) is 3. The van der Waals surface area contributed by atoms with Gasteiger partial charge in [0, 0.05) is 13.0 Å². The molecule has 4 nitrogen and oxygen atoms in total. The van der Waals surface area contributed by atoms with Crippen LogP contribution in [-0.2, 0) is 6.54 Å². The first-order chi connectivity index (χ1) is 7.20. The van der Waals surface area contributed by atoms with Crippen molar-refractivity contribution in [3.8, 4) is 0 Å². The molecule has 15 heavy (non-hydrogen) atoms. The SMILES string of the molecule is CCCn1ncc(Cl)c1C(=O)CCCN. The molecule has 0 aromatic carbocycles. The molecule has 0 saturated heterocycles. The first-order valence-corrected chi connectivity index (χ1v) is 5.53. The molecule has 0 saturated carbocycles. The summed E-state index contributed by atoms with van der Waals surface area (Å²) in [6, 6.07) is 0. The maximum atomic E-state index is 11.8. The van der Waals surface area contributed by atoms with Gasteiger partial charge >= 0.3 is 0 Å². The van der Waals surface area contributed by atoms with E-state index in [0.29, 0.717) is 30.1 Å². The number of Topliss-reactive ketones (excluding diaryl/α,β-unsaturated/α-hetero) is 1. The number of nitrogens with zero attached hydrogens (tertiary/aromatic N) is 2. The summed E-state index contributed by atoms with van der Waals surface area (Å²) in [6.07, 6.45) is 3.57. The average Bonchev–Trinajstić information content (AvgIpc) is 2.57. The highest BCUT2D eigenvalue weighted by Crippen LogP contribution is 2.17. The molecule has 1 aromatic heterocycles. The Morgan fingerprint density at radius 2 is 2.40 bits per heavy atom. The molecule has 0 aliphatic heterocycles. The Balaban J connectivity index is 2.80. The van der Waals surface area contributed by atoms with Gasteiger partial charge in [0.15, 0.2) is 5.78 Å². The summed E-state index contributed by atoms with van der Waals surface area (Å²) in [6.45, 7) is 3.27. The van der Waals surface area contributed by atoms with E-state index in [-0.39, 0.29) is 5.78 Å². The zero-order chi connectivity index (χ0) is 11.3. The predicted octanol–water partition coefficient (Wildman–Crippen LogP) is 1.87. The van der Waals surface area contributed by atoms with Crippen LogP contribution in [0.3, 0.4) is 0 Å². The smallest absolute Gasteiger partial charge is 0.182 e. The Morgan fingerprint density at radius 1 is 1.67 bits per heavy atom. The second kappa shape index (κ2) is 5.88. The van der Waals surface area contributed by atoms with Gasteiger partial charge in [0.05, 0.1) is 11.2 Å². The minimum Gasteiger partial charge on any atom is -0.330 e. The van der Waals surface area contributed by atoms with Crippen LogP contribution in [0, 0.1) is 0 Å². The summed E-state index contributed by atoms with van der Waals surface area (Å²) in [5, 5.41) is 4.50. The van der Waals surface area contributed by atoms with Crippen LogP contribution in [0.2, 0.25) is 5.02 Å². The van der Waals surface area contributed by atoms with Crippen LogP contribution in [0.15, 0.2) is 6.20 Å². The van der Waals surface area contributed by atoms with Crippen LogP contribution in [0.1, 0.15) is 36.7 Å². The van der Waals surface area contributed by atoms with Crippen molar-refractivity contribution in [3.63, 3.8) is 0 Å². The first kappa shape index (κ1) is 12.2. The van der Waals surface area contributed by atoms with E-state index in [1.807, 2.05) is 6.92 Å². The van der Waals surface area contributed by atoms with E-state index in [4.69, 9.17) is 17.3 Å². The molecule has 0 radical (unpaired) electrons. The molecule has 0 aliphatic carbocycles. The maximum Gasteiger partial charge on any atom is 0.182 e. The van der Waals surface area contributed by atoms with Gasteiger partial charge in [0.1, 0.15) is 5.69 Å². The summed E-state index contributed by atoms with van der Waals surface area (Å²) in [5.74, 6) is 0.0244. The number of nitrogens with two attached hydrogens (primary N) is 1. The van der Waals surface area contributed by atoms with Crippen LogP contribution < -0.4 is 5.73 Å². The summed E-state index contributed by atoms with van der Waals surface area (Å²) in [7, 11) is 0. The lowest BCUT2D eigenvalue weighted by Crippen LogP contribution is -2.12. The highest BCUT2D eigenvalue weighted by molar-refractivity contribution is 6.33. The van der Waals surface area contributed by atoms with Gasteiger partial charge in [-0.15, -0.1) is 0 Å². The van der Waals surface area contributed by atoms with Crippen LogP contribution in [0.4, 0.5) is 0 Å². The minimum atomic E-state index is 0.0244. The average molecular weight is 230 g/mol. The van der Waals surface area contributed by atoms with Crippen molar-refractivity contribution in [2.75, 3.05) is 6.54 Å². The van der Waals surface area contributed by atoms with E-state index in [2.05, 4.69) is 5.10 Å². The van der Waals surface area contributed by atoms with Crippen molar-refractivity contribution < 1.29 is 4.79 Å². The van der Waals surface area contributed by atoms with E-state index in [9.17, 15) is 4.79 Å². The molecule has 0 unspecified atom stereocenters. The van der Waals surface area contributed by atoms with Gasteiger partial charge in [0.2, 0.25) is 0 Å². The summed E-state index contributed by atoms with van der Waals surface area (Å²) < 4.78 is 1.67. The molecule has 1 heterocycles. The molecule has 84 valence electrons. The molecule has 0 fully saturated rings.